The molecule has 0 aliphatic heterocycles. The van der Waals surface area contributed by atoms with E-state index < -0.39 is 0 Å². The first-order valence-corrected chi connectivity index (χ1v) is 8.49. The lowest BCUT2D eigenvalue weighted by Crippen LogP contribution is -2.17. The van der Waals surface area contributed by atoms with Crippen LogP contribution in [0.3, 0.4) is 0 Å². The second-order valence-corrected chi connectivity index (χ2v) is 6.67. The van der Waals surface area contributed by atoms with E-state index in [2.05, 4.69) is 37.4 Å². The van der Waals surface area contributed by atoms with E-state index in [1.54, 1.807) is 0 Å². The number of rotatable bonds is 7. The van der Waals surface area contributed by atoms with Gasteiger partial charge in [0.25, 0.3) is 0 Å². The molecule has 5 heteroatoms. The molecule has 0 amide bonds. The lowest BCUT2D eigenvalue weighted by molar-refractivity contribution is 0.362. The number of aryl methyl sites for hydroxylation is 3. The van der Waals surface area contributed by atoms with Crippen molar-refractivity contribution >= 4 is 22.8 Å². The van der Waals surface area contributed by atoms with Gasteiger partial charge in [-0.15, -0.1) is 11.6 Å². The van der Waals surface area contributed by atoms with Crippen molar-refractivity contribution in [2.75, 3.05) is 5.88 Å². The summed E-state index contributed by atoms with van der Waals surface area (Å²) in [6, 6.07) is 0. The van der Waals surface area contributed by atoms with Gasteiger partial charge >= 0.3 is 0 Å². The van der Waals surface area contributed by atoms with Crippen molar-refractivity contribution in [1.29, 1.82) is 0 Å². The van der Waals surface area contributed by atoms with Gasteiger partial charge in [0.15, 0.2) is 5.65 Å². The Bertz CT molecular complexity index is 597. The largest absolute Gasteiger partial charge is 0.313 e. The van der Waals surface area contributed by atoms with Crippen LogP contribution in [0.25, 0.3) is 11.2 Å². The third-order valence-corrected chi connectivity index (χ3v) is 4.47. The first kappa shape index (κ1) is 16.3. The summed E-state index contributed by atoms with van der Waals surface area (Å²) >= 11 is 5.97. The number of nitrogens with zero attached hydrogens (tertiary/aromatic N) is 4. The van der Waals surface area contributed by atoms with Crippen LogP contribution in [0.4, 0.5) is 0 Å². The Morgan fingerprint density at radius 2 is 1.90 bits per heavy atom. The molecule has 2 rings (SSSR count). The van der Waals surface area contributed by atoms with Gasteiger partial charge in [-0.2, -0.15) is 5.10 Å². The Labute approximate surface area is 132 Å². The van der Waals surface area contributed by atoms with E-state index in [9.17, 15) is 0 Å². The van der Waals surface area contributed by atoms with Crippen LogP contribution in [0.15, 0.2) is 0 Å². The first-order chi connectivity index (χ1) is 9.99. The average molecular weight is 311 g/mol. The first-order valence-electron chi connectivity index (χ1n) is 7.96. The van der Waals surface area contributed by atoms with E-state index in [0.717, 1.165) is 48.5 Å². The maximum atomic E-state index is 5.97. The summed E-state index contributed by atoms with van der Waals surface area (Å²) in [5.41, 5.74) is 3.32. The van der Waals surface area contributed by atoms with Crippen LogP contribution in [0, 0.1) is 11.8 Å². The highest BCUT2D eigenvalue weighted by molar-refractivity contribution is 6.17. The molecule has 0 saturated heterocycles. The van der Waals surface area contributed by atoms with E-state index in [-0.39, 0.29) is 0 Å². The van der Waals surface area contributed by atoms with E-state index in [1.807, 2.05) is 11.7 Å². The monoisotopic (exact) mass is 310 g/mol. The second-order valence-electron chi connectivity index (χ2n) is 6.29. The summed E-state index contributed by atoms with van der Waals surface area (Å²) in [5.74, 6) is 2.95. The SMILES string of the molecule is CCCc1nn(C)c2c1nc(CCCl)n2CC(C)C(C)C. The highest BCUT2D eigenvalue weighted by atomic mass is 35.5. The third-order valence-electron chi connectivity index (χ3n) is 4.28. The Kier molecular flexibility index (Phi) is 5.31. The van der Waals surface area contributed by atoms with Crippen molar-refractivity contribution in [1.82, 2.24) is 19.3 Å². The molecule has 2 heterocycles. The van der Waals surface area contributed by atoms with Gasteiger partial charge in [0, 0.05) is 25.9 Å². The smallest absolute Gasteiger partial charge is 0.158 e. The van der Waals surface area contributed by atoms with Gasteiger partial charge in [-0.1, -0.05) is 34.1 Å². The molecule has 2 aromatic rings. The zero-order valence-electron chi connectivity index (χ0n) is 13.9. The summed E-state index contributed by atoms with van der Waals surface area (Å²) < 4.78 is 4.31. The predicted molar refractivity (Wildman–Crippen MR) is 88.9 cm³/mol. The van der Waals surface area contributed by atoms with E-state index in [4.69, 9.17) is 16.6 Å². The molecule has 0 aliphatic carbocycles. The van der Waals surface area contributed by atoms with Crippen LogP contribution >= 0.6 is 11.6 Å². The molecule has 0 saturated carbocycles. The van der Waals surface area contributed by atoms with Crippen LogP contribution in [-0.4, -0.2) is 25.2 Å². The molecular formula is C16H27ClN4. The van der Waals surface area contributed by atoms with Gasteiger partial charge in [0.2, 0.25) is 0 Å². The van der Waals surface area contributed by atoms with Gasteiger partial charge < -0.3 is 4.57 Å². The fourth-order valence-electron chi connectivity index (χ4n) is 2.66. The van der Waals surface area contributed by atoms with Gasteiger partial charge in [-0.05, 0) is 18.3 Å². The molecule has 0 aromatic carbocycles. The maximum absolute atomic E-state index is 5.97. The molecule has 1 atom stereocenters. The van der Waals surface area contributed by atoms with Crippen molar-refractivity contribution in [3.8, 4) is 0 Å². The molecule has 0 N–H and O–H groups in total. The summed E-state index contributed by atoms with van der Waals surface area (Å²) in [7, 11) is 2.02. The van der Waals surface area contributed by atoms with Crippen LogP contribution < -0.4 is 0 Å². The van der Waals surface area contributed by atoms with Crippen molar-refractivity contribution in [3.05, 3.63) is 11.5 Å². The van der Waals surface area contributed by atoms with E-state index >= 15 is 0 Å². The Hall–Kier alpha value is -1.03. The van der Waals surface area contributed by atoms with Crippen molar-refractivity contribution in [2.24, 2.45) is 18.9 Å². The molecule has 2 aromatic heterocycles. The Balaban J connectivity index is 2.51. The molecule has 0 fully saturated rings. The van der Waals surface area contributed by atoms with Crippen molar-refractivity contribution in [2.45, 2.75) is 53.5 Å². The molecular weight excluding hydrogens is 284 g/mol. The predicted octanol–water partition coefficient (Wildman–Crippen LogP) is 3.80. The van der Waals surface area contributed by atoms with Gasteiger partial charge in [-0.25, -0.2) is 4.98 Å². The van der Waals surface area contributed by atoms with Gasteiger partial charge in [0.1, 0.15) is 11.3 Å². The average Bonchev–Trinajstić information content (AvgIpc) is 2.91. The quantitative estimate of drug-likeness (QED) is 0.729. The summed E-state index contributed by atoms with van der Waals surface area (Å²) in [6.45, 7) is 9.99. The molecule has 0 bridgehead atoms. The minimum absolute atomic E-state index is 0.598. The molecule has 0 spiro atoms. The Morgan fingerprint density at radius 3 is 2.48 bits per heavy atom. The number of fused-ring (bicyclic) bond motifs is 1. The number of hydrogen-bond donors (Lipinski definition) is 0. The number of alkyl halides is 1. The van der Waals surface area contributed by atoms with Crippen molar-refractivity contribution in [3.63, 3.8) is 0 Å². The van der Waals surface area contributed by atoms with Gasteiger partial charge in [0.05, 0.1) is 5.69 Å². The standard InChI is InChI=1S/C16H27ClN4/c1-6-7-13-15-16(20(5)19-13)21(10-12(4)11(2)3)14(18-15)8-9-17/h11-12H,6-10H2,1-5H3. The highest BCUT2D eigenvalue weighted by Crippen LogP contribution is 2.24. The molecule has 118 valence electrons. The minimum Gasteiger partial charge on any atom is -0.313 e. The fourth-order valence-corrected chi connectivity index (χ4v) is 2.83. The second kappa shape index (κ2) is 6.82. The maximum Gasteiger partial charge on any atom is 0.158 e. The van der Waals surface area contributed by atoms with E-state index in [1.165, 1.54) is 0 Å². The number of imidazole rings is 1. The number of halogens is 1. The summed E-state index contributed by atoms with van der Waals surface area (Å²) in [6.07, 6.45) is 2.88. The highest BCUT2D eigenvalue weighted by Gasteiger charge is 2.20. The zero-order valence-corrected chi connectivity index (χ0v) is 14.6. The lowest BCUT2D eigenvalue weighted by Gasteiger charge is -2.18. The van der Waals surface area contributed by atoms with Crippen molar-refractivity contribution < 1.29 is 0 Å². The number of hydrogen-bond acceptors (Lipinski definition) is 2. The molecule has 0 aliphatic rings. The summed E-state index contributed by atoms with van der Waals surface area (Å²) in [5, 5.41) is 4.65. The molecule has 1 unspecified atom stereocenters. The topological polar surface area (TPSA) is 35.6 Å². The molecule has 0 radical (unpaired) electrons. The Morgan fingerprint density at radius 1 is 1.19 bits per heavy atom. The van der Waals surface area contributed by atoms with Crippen LogP contribution in [-0.2, 0) is 26.4 Å². The number of aromatic nitrogens is 4. The zero-order chi connectivity index (χ0) is 15.6. The lowest BCUT2D eigenvalue weighted by atomic mass is 9.98. The minimum atomic E-state index is 0.598. The summed E-state index contributed by atoms with van der Waals surface area (Å²) in [4.78, 5) is 4.85. The van der Waals surface area contributed by atoms with Crippen LogP contribution in [0.5, 0.6) is 0 Å². The molecule has 4 nitrogen and oxygen atoms in total. The normalized spacial score (nSPS) is 13.5. The third kappa shape index (κ3) is 3.25. The van der Waals surface area contributed by atoms with Crippen LogP contribution in [0.2, 0.25) is 0 Å². The van der Waals surface area contributed by atoms with Crippen LogP contribution in [0.1, 0.15) is 45.6 Å². The molecule has 21 heavy (non-hydrogen) atoms. The van der Waals surface area contributed by atoms with Gasteiger partial charge in [-0.3, -0.25) is 4.68 Å². The fraction of sp³-hybridized carbons (Fsp3) is 0.750. The van der Waals surface area contributed by atoms with E-state index in [0.29, 0.717) is 17.7 Å².